The highest BCUT2D eigenvalue weighted by atomic mass is 14.5. The smallest absolute Gasteiger partial charge is 0.0631 e. The van der Waals surface area contributed by atoms with Gasteiger partial charge in [-0.1, -0.05) is 57.5 Å². The second-order valence-electron chi connectivity index (χ2n) is 6.59. The van der Waals surface area contributed by atoms with Gasteiger partial charge in [0.1, 0.15) is 0 Å². The van der Waals surface area contributed by atoms with Crippen molar-refractivity contribution in [3.63, 3.8) is 0 Å². The van der Waals surface area contributed by atoms with Gasteiger partial charge < -0.3 is 0 Å². The highest BCUT2D eigenvalue weighted by Crippen LogP contribution is 2.50. The molecule has 19 heavy (non-hydrogen) atoms. The van der Waals surface area contributed by atoms with Crippen molar-refractivity contribution in [3.05, 3.63) is 35.9 Å². The molecule has 3 unspecified atom stereocenters. The number of rotatable bonds is 3. The van der Waals surface area contributed by atoms with E-state index in [4.69, 9.17) is 0 Å². The molecule has 0 amide bonds. The molecule has 0 spiro atoms. The molecule has 1 fully saturated rings. The molecule has 1 aliphatic rings. The van der Waals surface area contributed by atoms with E-state index in [1.54, 1.807) is 0 Å². The largest absolute Gasteiger partial charge is 0.198 e. The van der Waals surface area contributed by atoms with Crippen LogP contribution in [0.3, 0.4) is 0 Å². The molecule has 0 aromatic heterocycles. The van der Waals surface area contributed by atoms with Crippen LogP contribution in [-0.4, -0.2) is 0 Å². The second kappa shape index (κ2) is 5.78. The maximum Gasteiger partial charge on any atom is 0.0631 e. The molecular formula is C18H25N. The van der Waals surface area contributed by atoms with E-state index in [0.29, 0.717) is 18.3 Å². The van der Waals surface area contributed by atoms with Gasteiger partial charge in [-0.2, -0.15) is 5.26 Å². The van der Waals surface area contributed by atoms with Crippen LogP contribution in [0.15, 0.2) is 30.3 Å². The van der Waals surface area contributed by atoms with Crippen LogP contribution in [0.25, 0.3) is 0 Å². The topological polar surface area (TPSA) is 23.8 Å². The van der Waals surface area contributed by atoms with Crippen LogP contribution in [0.2, 0.25) is 0 Å². The highest BCUT2D eigenvalue weighted by molar-refractivity contribution is 5.29. The molecule has 2 rings (SSSR count). The molecule has 0 N–H and O–H groups in total. The lowest BCUT2D eigenvalue weighted by Gasteiger charge is -2.48. The molecule has 0 saturated heterocycles. The summed E-state index contributed by atoms with van der Waals surface area (Å²) >= 11 is 0. The van der Waals surface area contributed by atoms with E-state index in [1.807, 2.05) is 0 Å². The Kier molecular flexibility index (Phi) is 4.30. The fourth-order valence-corrected chi connectivity index (χ4v) is 4.14. The summed E-state index contributed by atoms with van der Waals surface area (Å²) in [5, 5.41) is 9.38. The normalized spacial score (nSPS) is 31.1. The Morgan fingerprint density at radius 3 is 2.53 bits per heavy atom. The van der Waals surface area contributed by atoms with E-state index < -0.39 is 0 Å². The monoisotopic (exact) mass is 255 g/mol. The van der Waals surface area contributed by atoms with E-state index in [9.17, 15) is 5.26 Å². The SMILES string of the molecule is CC1CCC(C(C)C)C(CC#N)(c2ccccc2)C1. The molecular weight excluding hydrogens is 230 g/mol. The average Bonchev–Trinajstić information content (AvgIpc) is 2.39. The summed E-state index contributed by atoms with van der Waals surface area (Å²) in [6.45, 7) is 6.97. The van der Waals surface area contributed by atoms with Crippen LogP contribution < -0.4 is 0 Å². The summed E-state index contributed by atoms with van der Waals surface area (Å²) in [6, 6.07) is 13.2. The first-order valence-electron chi connectivity index (χ1n) is 7.52. The van der Waals surface area contributed by atoms with Gasteiger partial charge in [-0.25, -0.2) is 0 Å². The van der Waals surface area contributed by atoms with Crippen LogP contribution in [0.5, 0.6) is 0 Å². The summed E-state index contributed by atoms with van der Waals surface area (Å²) < 4.78 is 0. The molecule has 102 valence electrons. The van der Waals surface area contributed by atoms with E-state index in [1.165, 1.54) is 18.4 Å². The van der Waals surface area contributed by atoms with Gasteiger partial charge in [0.05, 0.1) is 6.07 Å². The van der Waals surface area contributed by atoms with E-state index in [2.05, 4.69) is 57.2 Å². The molecule has 1 aliphatic carbocycles. The maximum atomic E-state index is 9.38. The number of hydrogen-bond acceptors (Lipinski definition) is 1. The fourth-order valence-electron chi connectivity index (χ4n) is 4.14. The molecule has 0 bridgehead atoms. The Morgan fingerprint density at radius 2 is 1.95 bits per heavy atom. The number of benzene rings is 1. The van der Waals surface area contributed by atoms with Crippen molar-refractivity contribution in [1.82, 2.24) is 0 Å². The van der Waals surface area contributed by atoms with Gasteiger partial charge in [-0.05, 0) is 36.2 Å². The van der Waals surface area contributed by atoms with E-state index in [0.717, 1.165) is 12.3 Å². The predicted octanol–water partition coefficient (Wildman–Crippen LogP) is 4.93. The standard InChI is InChI=1S/C18H25N/c1-14(2)17-10-9-15(3)13-18(17,11-12-19)16-7-5-4-6-8-16/h4-8,14-15,17H,9-11,13H2,1-3H3. The van der Waals surface area contributed by atoms with E-state index >= 15 is 0 Å². The molecule has 1 nitrogen and oxygen atoms in total. The van der Waals surface area contributed by atoms with Gasteiger partial charge in [0.15, 0.2) is 0 Å². The molecule has 0 heterocycles. The van der Waals surface area contributed by atoms with Crippen LogP contribution in [-0.2, 0) is 5.41 Å². The van der Waals surface area contributed by atoms with Crippen molar-refractivity contribution in [2.24, 2.45) is 17.8 Å². The van der Waals surface area contributed by atoms with Crippen LogP contribution in [0, 0.1) is 29.1 Å². The van der Waals surface area contributed by atoms with Gasteiger partial charge in [-0.15, -0.1) is 0 Å². The summed E-state index contributed by atoms with van der Waals surface area (Å²) in [7, 11) is 0. The first-order valence-corrected chi connectivity index (χ1v) is 7.52. The lowest BCUT2D eigenvalue weighted by atomic mass is 9.56. The third kappa shape index (κ3) is 2.68. The minimum atomic E-state index is 0.0713. The molecule has 3 atom stereocenters. The minimum absolute atomic E-state index is 0.0713. The van der Waals surface area contributed by atoms with Gasteiger partial charge in [0, 0.05) is 11.8 Å². The van der Waals surface area contributed by atoms with E-state index in [-0.39, 0.29) is 5.41 Å². The second-order valence-corrected chi connectivity index (χ2v) is 6.59. The summed E-state index contributed by atoms with van der Waals surface area (Å²) in [4.78, 5) is 0. The quantitative estimate of drug-likeness (QED) is 0.751. The Bertz CT molecular complexity index is 443. The lowest BCUT2D eigenvalue weighted by Crippen LogP contribution is -2.43. The molecule has 1 aromatic rings. The van der Waals surface area contributed by atoms with Crippen molar-refractivity contribution >= 4 is 0 Å². The molecule has 0 radical (unpaired) electrons. The highest BCUT2D eigenvalue weighted by Gasteiger charge is 2.45. The van der Waals surface area contributed by atoms with Crippen molar-refractivity contribution in [3.8, 4) is 6.07 Å². The zero-order valence-corrected chi connectivity index (χ0v) is 12.4. The van der Waals surface area contributed by atoms with Crippen molar-refractivity contribution in [1.29, 1.82) is 5.26 Å². The first kappa shape index (κ1) is 14.1. The summed E-state index contributed by atoms with van der Waals surface area (Å²) in [5.74, 6) is 2.00. The third-order valence-electron chi connectivity index (χ3n) is 4.94. The molecule has 1 heteroatoms. The van der Waals surface area contributed by atoms with Crippen LogP contribution in [0.4, 0.5) is 0 Å². The first-order chi connectivity index (χ1) is 9.10. The van der Waals surface area contributed by atoms with Gasteiger partial charge in [-0.3, -0.25) is 0 Å². The zero-order chi connectivity index (χ0) is 13.9. The third-order valence-corrected chi connectivity index (χ3v) is 4.94. The van der Waals surface area contributed by atoms with Gasteiger partial charge >= 0.3 is 0 Å². The Morgan fingerprint density at radius 1 is 1.26 bits per heavy atom. The van der Waals surface area contributed by atoms with Crippen LogP contribution >= 0.6 is 0 Å². The molecule has 1 saturated carbocycles. The van der Waals surface area contributed by atoms with Gasteiger partial charge in [0.2, 0.25) is 0 Å². The van der Waals surface area contributed by atoms with Crippen LogP contribution in [0.1, 0.15) is 52.0 Å². The van der Waals surface area contributed by atoms with Crippen molar-refractivity contribution in [2.75, 3.05) is 0 Å². The Labute approximate surface area is 117 Å². The number of hydrogen-bond donors (Lipinski definition) is 0. The van der Waals surface area contributed by atoms with Crippen molar-refractivity contribution < 1.29 is 0 Å². The average molecular weight is 255 g/mol. The summed E-state index contributed by atoms with van der Waals surface area (Å²) in [6.07, 6.45) is 4.38. The Hall–Kier alpha value is -1.29. The maximum absolute atomic E-state index is 9.38. The van der Waals surface area contributed by atoms with Gasteiger partial charge in [0.25, 0.3) is 0 Å². The predicted molar refractivity (Wildman–Crippen MR) is 79.7 cm³/mol. The minimum Gasteiger partial charge on any atom is -0.198 e. The zero-order valence-electron chi connectivity index (χ0n) is 12.4. The number of nitrogens with zero attached hydrogens (tertiary/aromatic N) is 1. The van der Waals surface area contributed by atoms with Crippen molar-refractivity contribution in [2.45, 2.75) is 51.9 Å². The Balaban J connectivity index is 2.47. The fraction of sp³-hybridized carbons (Fsp3) is 0.611. The molecule has 0 aliphatic heterocycles. The lowest BCUT2D eigenvalue weighted by molar-refractivity contribution is 0.106. The summed E-state index contributed by atoms with van der Waals surface area (Å²) in [5.41, 5.74) is 1.45. The molecule has 1 aromatic carbocycles. The number of nitriles is 1.